The third-order valence-corrected chi connectivity index (χ3v) is 1.76. The highest BCUT2D eigenvalue weighted by atomic mass is 19.2. The molecule has 0 heterocycles. The van der Waals surface area contributed by atoms with E-state index in [0.29, 0.717) is 6.42 Å². The fourth-order valence-corrected chi connectivity index (χ4v) is 0.994. The fraction of sp³-hybridized carbons (Fsp3) is 0.300. The summed E-state index contributed by atoms with van der Waals surface area (Å²) >= 11 is 0. The molecule has 0 aromatic heterocycles. The standard InChI is InChI=1S/C10H8F4O2/c1-2-3-16-10(15)5-4-6(11)8(13)9(14)7(5)12/h4H,2-3H2,1H3. The van der Waals surface area contributed by atoms with E-state index >= 15 is 0 Å². The summed E-state index contributed by atoms with van der Waals surface area (Å²) in [7, 11) is 0. The second-order valence-electron chi connectivity index (χ2n) is 2.98. The Labute approximate surface area is 88.8 Å². The van der Waals surface area contributed by atoms with Crippen molar-refractivity contribution in [2.75, 3.05) is 6.61 Å². The van der Waals surface area contributed by atoms with Crippen LogP contribution in [0.25, 0.3) is 0 Å². The molecule has 0 unspecified atom stereocenters. The monoisotopic (exact) mass is 236 g/mol. The molecule has 0 saturated heterocycles. The molecular formula is C10H8F4O2. The molecule has 0 aliphatic heterocycles. The summed E-state index contributed by atoms with van der Waals surface area (Å²) in [6.45, 7) is 1.67. The normalized spacial score (nSPS) is 10.3. The molecule has 0 N–H and O–H groups in total. The van der Waals surface area contributed by atoms with Crippen LogP contribution in [0.2, 0.25) is 0 Å². The smallest absolute Gasteiger partial charge is 0.341 e. The van der Waals surface area contributed by atoms with Crippen LogP contribution in [-0.2, 0) is 4.74 Å². The summed E-state index contributed by atoms with van der Waals surface area (Å²) in [6, 6.07) is 0.270. The maximum Gasteiger partial charge on any atom is 0.341 e. The van der Waals surface area contributed by atoms with Crippen molar-refractivity contribution in [3.05, 3.63) is 34.9 Å². The molecule has 0 fully saturated rings. The Morgan fingerprint density at radius 2 is 1.81 bits per heavy atom. The zero-order valence-electron chi connectivity index (χ0n) is 8.32. The average Bonchev–Trinajstić information content (AvgIpc) is 2.28. The Hall–Kier alpha value is -1.59. The minimum atomic E-state index is -2.02. The Kier molecular flexibility index (Phi) is 3.87. The van der Waals surface area contributed by atoms with Crippen molar-refractivity contribution in [2.45, 2.75) is 13.3 Å². The predicted molar refractivity (Wildman–Crippen MR) is 46.8 cm³/mol. The number of carbonyl (C=O) groups excluding carboxylic acids is 1. The highest BCUT2D eigenvalue weighted by Crippen LogP contribution is 2.19. The van der Waals surface area contributed by atoms with Gasteiger partial charge in [0.05, 0.1) is 6.61 Å². The van der Waals surface area contributed by atoms with Gasteiger partial charge in [-0.2, -0.15) is 0 Å². The zero-order valence-corrected chi connectivity index (χ0v) is 8.32. The van der Waals surface area contributed by atoms with E-state index in [0.717, 1.165) is 0 Å². The number of halogens is 4. The Bertz CT molecular complexity index is 418. The summed E-state index contributed by atoms with van der Waals surface area (Å²) in [5.74, 6) is -8.59. The molecule has 0 radical (unpaired) electrons. The molecule has 1 aromatic rings. The quantitative estimate of drug-likeness (QED) is 0.349. The van der Waals surface area contributed by atoms with Crippen LogP contribution in [0.1, 0.15) is 23.7 Å². The second kappa shape index (κ2) is 4.96. The van der Waals surface area contributed by atoms with Gasteiger partial charge in [0.2, 0.25) is 0 Å². The minimum Gasteiger partial charge on any atom is -0.462 e. The van der Waals surface area contributed by atoms with E-state index in [9.17, 15) is 22.4 Å². The van der Waals surface area contributed by atoms with Crippen molar-refractivity contribution < 1.29 is 27.1 Å². The molecule has 1 rings (SSSR count). The van der Waals surface area contributed by atoms with Crippen LogP contribution in [-0.4, -0.2) is 12.6 Å². The molecule has 0 amide bonds. The average molecular weight is 236 g/mol. The highest BCUT2D eigenvalue weighted by molar-refractivity contribution is 5.89. The summed E-state index contributed by atoms with van der Waals surface area (Å²) < 4.78 is 55.5. The molecule has 16 heavy (non-hydrogen) atoms. The summed E-state index contributed by atoms with van der Waals surface area (Å²) in [5, 5.41) is 0. The van der Waals surface area contributed by atoms with Gasteiger partial charge in [0, 0.05) is 0 Å². The molecule has 0 bridgehead atoms. The minimum absolute atomic E-state index is 0.0150. The van der Waals surface area contributed by atoms with Gasteiger partial charge in [-0.1, -0.05) is 6.92 Å². The van der Waals surface area contributed by atoms with E-state index in [1.165, 1.54) is 0 Å². The SMILES string of the molecule is CCCOC(=O)c1cc(F)c(F)c(F)c1F. The van der Waals surface area contributed by atoms with Crippen molar-refractivity contribution >= 4 is 5.97 Å². The highest BCUT2D eigenvalue weighted by Gasteiger charge is 2.23. The summed E-state index contributed by atoms with van der Waals surface area (Å²) in [6.07, 6.45) is 0.472. The molecule has 2 nitrogen and oxygen atoms in total. The van der Waals surface area contributed by atoms with Crippen molar-refractivity contribution in [2.24, 2.45) is 0 Å². The first-order valence-electron chi connectivity index (χ1n) is 4.49. The molecule has 0 aliphatic carbocycles. The van der Waals surface area contributed by atoms with Gasteiger partial charge in [-0.25, -0.2) is 22.4 Å². The third-order valence-electron chi connectivity index (χ3n) is 1.76. The van der Waals surface area contributed by atoms with Crippen molar-refractivity contribution in [3.8, 4) is 0 Å². The van der Waals surface area contributed by atoms with Gasteiger partial charge in [-0.15, -0.1) is 0 Å². The molecule has 0 aliphatic rings. The molecular weight excluding hydrogens is 228 g/mol. The van der Waals surface area contributed by atoms with Crippen LogP contribution in [0.4, 0.5) is 17.6 Å². The van der Waals surface area contributed by atoms with E-state index in [1.54, 1.807) is 6.92 Å². The number of hydrogen-bond donors (Lipinski definition) is 0. The molecule has 0 atom stereocenters. The largest absolute Gasteiger partial charge is 0.462 e. The van der Waals surface area contributed by atoms with Crippen LogP contribution in [0.15, 0.2) is 6.07 Å². The number of carbonyl (C=O) groups is 1. The number of benzene rings is 1. The fourth-order valence-electron chi connectivity index (χ4n) is 0.994. The first-order chi connectivity index (χ1) is 7.49. The van der Waals surface area contributed by atoms with E-state index in [4.69, 9.17) is 0 Å². The van der Waals surface area contributed by atoms with Gasteiger partial charge < -0.3 is 4.74 Å². The van der Waals surface area contributed by atoms with Gasteiger partial charge in [-0.3, -0.25) is 0 Å². The molecule has 6 heteroatoms. The van der Waals surface area contributed by atoms with Gasteiger partial charge >= 0.3 is 5.97 Å². The van der Waals surface area contributed by atoms with Crippen LogP contribution in [0.3, 0.4) is 0 Å². The van der Waals surface area contributed by atoms with E-state index in [2.05, 4.69) is 4.74 Å². The Balaban J connectivity index is 3.10. The number of ether oxygens (including phenoxy) is 1. The first-order valence-corrected chi connectivity index (χ1v) is 4.49. The maximum atomic E-state index is 13.0. The third kappa shape index (κ3) is 2.32. The predicted octanol–water partition coefficient (Wildman–Crippen LogP) is 2.81. The Morgan fingerprint density at radius 1 is 1.19 bits per heavy atom. The Morgan fingerprint density at radius 3 is 2.38 bits per heavy atom. The van der Waals surface area contributed by atoms with Gasteiger partial charge in [0.15, 0.2) is 23.3 Å². The summed E-state index contributed by atoms with van der Waals surface area (Å²) in [5.41, 5.74) is -0.954. The van der Waals surface area contributed by atoms with E-state index in [-0.39, 0.29) is 12.7 Å². The van der Waals surface area contributed by atoms with Crippen molar-refractivity contribution in [1.82, 2.24) is 0 Å². The van der Waals surface area contributed by atoms with Crippen molar-refractivity contribution in [1.29, 1.82) is 0 Å². The lowest BCUT2D eigenvalue weighted by Crippen LogP contribution is -2.11. The molecule has 1 aromatic carbocycles. The molecule has 0 spiro atoms. The second-order valence-corrected chi connectivity index (χ2v) is 2.98. The lowest BCUT2D eigenvalue weighted by Gasteiger charge is -2.05. The topological polar surface area (TPSA) is 26.3 Å². The number of rotatable bonds is 3. The lowest BCUT2D eigenvalue weighted by molar-refractivity contribution is 0.0497. The van der Waals surface area contributed by atoms with Crippen LogP contribution in [0, 0.1) is 23.3 Å². The van der Waals surface area contributed by atoms with E-state index < -0.39 is 34.8 Å². The van der Waals surface area contributed by atoms with Gasteiger partial charge in [0.25, 0.3) is 0 Å². The van der Waals surface area contributed by atoms with Gasteiger partial charge in [-0.05, 0) is 12.5 Å². The van der Waals surface area contributed by atoms with E-state index in [1.807, 2.05) is 0 Å². The number of esters is 1. The molecule has 88 valence electrons. The number of hydrogen-bond acceptors (Lipinski definition) is 2. The van der Waals surface area contributed by atoms with Gasteiger partial charge in [0.1, 0.15) is 5.56 Å². The van der Waals surface area contributed by atoms with Crippen LogP contribution in [0.5, 0.6) is 0 Å². The van der Waals surface area contributed by atoms with Crippen molar-refractivity contribution in [3.63, 3.8) is 0 Å². The van der Waals surface area contributed by atoms with Crippen LogP contribution >= 0.6 is 0 Å². The molecule has 0 saturated carbocycles. The van der Waals surface area contributed by atoms with Crippen LogP contribution < -0.4 is 0 Å². The zero-order chi connectivity index (χ0) is 12.3. The first kappa shape index (κ1) is 12.5. The maximum absolute atomic E-state index is 13.0. The lowest BCUT2D eigenvalue weighted by atomic mass is 10.2. The summed E-state index contributed by atoms with van der Waals surface area (Å²) in [4.78, 5) is 11.1.